The van der Waals surface area contributed by atoms with Gasteiger partial charge in [-0.3, -0.25) is 0 Å². The molecule has 3 aromatic rings. The zero-order chi connectivity index (χ0) is 17.6. The number of benzene rings is 3. The topological polar surface area (TPSA) is 20.3 Å². The molecule has 0 bridgehead atoms. The first-order valence-electron chi connectivity index (χ1n) is 8.18. The third-order valence-electron chi connectivity index (χ3n) is 4.12. The van der Waals surface area contributed by atoms with Crippen molar-refractivity contribution in [2.75, 3.05) is 0 Å². The van der Waals surface area contributed by atoms with E-state index >= 15 is 0 Å². The Morgan fingerprint density at radius 2 is 1.44 bits per heavy atom. The summed E-state index contributed by atoms with van der Waals surface area (Å²) in [4.78, 5) is 0.597. The first-order valence-corrected chi connectivity index (χ1v) is 9.29. The Labute approximate surface area is 150 Å². The van der Waals surface area contributed by atoms with Crippen molar-refractivity contribution in [1.82, 2.24) is 4.31 Å². The standard InChI is InChI=1S/C21H20FNOS/c1-17(19-10-6-3-7-11-19)23(16-18-8-4-2-5-9-18)25(24)21-14-12-20(22)13-15-21/h2-15,17H,16H2,1H3/t17-,25+/m1/s1. The van der Waals surface area contributed by atoms with Crippen molar-refractivity contribution in [3.63, 3.8) is 0 Å². The fourth-order valence-corrected chi connectivity index (χ4v) is 4.00. The molecule has 0 radical (unpaired) electrons. The number of hydrogen-bond acceptors (Lipinski definition) is 1. The summed E-state index contributed by atoms with van der Waals surface area (Å²) < 4.78 is 28.3. The van der Waals surface area contributed by atoms with Crippen LogP contribution in [0, 0.1) is 5.82 Å². The van der Waals surface area contributed by atoms with Crippen molar-refractivity contribution in [3.05, 3.63) is 102 Å². The predicted octanol–water partition coefficient (Wildman–Crippen LogP) is 5.11. The molecule has 3 aromatic carbocycles. The molecular formula is C21H20FNOS. The summed E-state index contributed by atoms with van der Waals surface area (Å²) in [7, 11) is -1.39. The maximum Gasteiger partial charge on any atom is 0.128 e. The van der Waals surface area contributed by atoms with Crippen LogP contribution in [0.5, 0.6) is 0 Å². The molecule has 0 aromatic heterocycles. The fourth-order valence-electron chi connectivity index (χ4n) is 2.69. The van der Waals surface area contributed by atoms with E-state index in [4.69, 9.17) is 0 Å². The minimum atomic E-state index is -1.39. The summed E-state index contributed by atoms with van der Waals surface area (Å²) in [5.74, 6) is -0.327. The van der Waals surface area contributed by atoms with Gasteiger partial charge in [0.05, 0.1) is 4.90 Å². The van der Waals surface area contributed by atoms with Crippen molar-refractivity contribution < 1.29 is 8.60 Å². The van der Waals surface area contributed by atoms with Crippen LogP contribution in [-0.4, -0.2) is 8.51 Å². The van der Waals surface area contributed by atoms with E-state index < -0.39 is 11.0 Å². The minimum Gasteiger partial charge on any atom is -0.237 e. The Balaban J connectivity index is 1.93. The van der Waals surface area contributed by atoms with Crippen LogP contribution in [0.15, 0.2) is 89.8 Å². The molecule has 0 aliphatic carbocycles. The average molecular weight is 353 g/mol. The normalized spacial score (nSPS) is 13.6. The maximum absolute atomic E-state index is 13.2. The van der Waals surface area contributed by atoms with Crippen LogP contribution in [0.1, 0.15) is 24.1 Å². The summed E-state index contributed by atoms with van der Waals surface area (Å²) in [6.45, 7) is 2.58. The van der Waals surface area contributed by atoms with Gasteiger partial charge in [-0.1, -0.05) is 60.7 Å². The lowest BCUT2D eigenvalue weighted by Crippen LogP contribution is -2.29. The van der Waals surface area contributed by atoms with E-state index in [1.165, 1.54) is 12.1 Å². The predicted molar refractivity (Wildman–Crippen MR) is 99.7 cm³/mol. The Kier molecular flexibility index (Phi) is 5.74. The van der Waals surface area contributed by atoms with Crippen LogP contribution in [0.25, 0.3) is 0 Å². The second-order valence-corrected chi connectivity index (χ2v) is 7.29. The molecule has 0 amide bonds. The summed E-state index contributed by atoms with van der Waals surface area (Å²) in [6, 6.07) is 25.8. The Bertz CT molecular complexity index is 822. The van der Waals surface area contributed by atoms with Crippen molar-refractivity contribution >= 4 is 11.0 Å². The first-order chi connectivity index (χ1) is 12.1. The third kappa shape index (κ3) is 4.41. The minimum absolute atomic E-state index is 0.0488. The molecule has 0 aliphatic rings. The fraction of sp³-hybridized carbons (Fsp3) is 0.143. The van der Waals surface area contributed by atoms with Crippen LogP contribution >= 0.6 is 0 Å². The van der Waals surface area contributed by atoms with Gasteiger partial charge < -0.3 is 0 Å². The number of halogens is 1. The van der Waals surface area contributed by atoms with Crippen LogP contribution in [0.4, 0.5) is 4.39 Å². The number of rotatable bonds is 6. The van der Waals surface area contributed by atoms with E-state index in [9.17, 15) is 8.60 Å². The molecule has 4 heteroatoms. The van der Waals surface area contributed by atoms with Crippen LogP contribution in [0.2, 0.25) is 0 Å². The molecule has 2 atom stereocenters. The van der Waals surface area contributed by atoms with Gasteiger partial charge >= 0.3 is 0 Å². The van der Waals surface area contributed by atoms with E-state index in [-0.39, 0.29) is 11.9 Å². The zero-order valence-electron chi connectivity index (χ0n) is 14.0. The van der Waals surface area contributed by atoms with Crippen LogP contribution in [-0.2, 0) is 17.5 Å². The number of hydrogen-bond donors (Lipinski definition) is 0. The van der Waals surface area contributed by atoms with Gasteiger partial charge in [-0.15, -0.1) is 0 Å². The van der Waals surface area contributed by atoms with Gasteiger partial charge in [-0.05, 0) is 42.3 Å². The first kappa shape index (κ1) is 17.5. The molecule has 0 saturated heterocycles. The van der Waals surface area contributed by atoms with Gasteiger partial charge in [0.25, 0.3) is 0 Å². The lowest BCUT2D eigenvalue weighted by atomic mass is 10.1. The lowest BCUT2D eigenvalue weighted by Gasteiger charge is -2.28. The highest BCUT2D eigenvalue weighted by molar-refractivity contribution is 7.82. The quantitative estimate of drug-likeness (QED) is 0.603. The van der Waals surface area contributed by atoms with Crippen molar-refractivity contribution in [2.24, 2.45) is 0 Å². The Morgan fingerprint density at radius 3 is 2.04 bits per heavy atom. The van der Waals surface area contributed by atoms with Gasteiger partial charge in [0, 0.05) is 12.6 Å². The molecule has 0 unspecified atom stereocenters. The van der Waals surface area contributed by atoms with Gasteiger partial charge in [0.1, 0.15) is 16.8 Å². The largest absolute Gasteiger partial charge is 0.237 e. The molecule has 2 nitrogen and oxygen atoms in total. The lowest BCUT2D eigenvalue weighted by molar-refractivity contribution is 0.358. The van der Waals surface area contributed by atoms with Gasteiger partial charge in [-0.2, -0.15) is 0 Å². The second-order valence-electron chi connectivity index (χ2n) is 5.85. The van der Waals surface area contributed by atoms with E-state index in [1.54, 1.807) is 12.1 Å². The summed E-state index contributed by atoms with van der Waals surface area (Å²) in [5.41, 5.74) is 2.18. The van der Waals surface area contributed by atoms with Gasteiger partial charge in [0.2, 0.25) is 0 Å². The Hall–Kier alpha value is -2.30. The van der Waals surface area contributed by atoms with Gasteiger partial charge in [0.15, 0.2) is 0 Å². The molecule has 0 spiro atoms. The average Bonchev–Trinajstić information content (AvgIpc) is 2.67. The van der Waals surface area contributed by atoms with Crippen molar-refractivity contribution in [2.45, 2.75) is 24.4 Å². The Morgan fingerprint density at radius 1 is 0.880 bits per heavy atom. The highest BCUT2D eigenvalue weighted by atomic mass is 32.2. The van der Waals surface area contributed by atoms with Crippen molar-refractivity contribution in [3.8, 4) is 0 Å². The zero-order valence-corrected chi connectivity index (χ0v) is 14.8. The van der Waals surface area contributed by atoms with Crippen LogP contribution < -0.4 is 0 Å². The van der Waals surface area contributed by atoms with Crippen molar-refractivity contribution in [1.29, 1.82) is 0 Å². The molecular weight excluding hydrogens is 333 g/mol. The maximum atomic E-state index is 13.2. The highest BCUT2D eigenvalue weighted by Crippen LogP contribution is 2.27. The third-order valence-corrected chi connectivity index (χ3v) is 5.67. The summed E-state index contributed by atoms with van der Waals surface area (Å²) in [6.07, 6.45) is 0. The molecule has 0 saturated carbocycles. The molecule has 25 heavy (non-hydrogen) atoms. The molecule has 0 fully saturated rings. The monoisotopic (exact) mass is 353 g/mol. The SMILES string of the molecule is C[C@H](c1ccccc1)N(Cc1ccccc1)[S@@](=O)c1ccc(F)cc1. The number of nitrogens with zero attached hydrogens (tertiary/aromatic N) is 1. The molecule has 0 heterocycles. The highest BCUT2D eigenvalue weighted by Gasteiger charge is 2.23. The molecule has 3 rings (SSSR count). The molecule has 0 N–H and O–H groups in total. The van der Waals surface area contributed by atoms with Gasteiger partial charge in [-0.25, -0.2) is 12.9 Å². The van der Waals surface area contributed by atoms with E-state index in [1.807, 2.05) is 71.9 Å². The smallest absolute Gasteiger partial charge is 0.128 e. The van der Waals surface area contributed by atoms with E-state index in [2.05, 4.69) is 0 Å². The summed E-state index contributed by atoms with van der Waals surface area (Å²) >= 11 is 0. The van der Waals surface area contributed by atoms with Crippen LogP contribution in [0.3, 0.4) is 0 Å². The van der Waals surface area contributed by atoms with E-state index in [0.29, 0.717) is 11.4 Å². The molecule has 0 aliphatic heterocycles. The summed E-state index contributed by atoms with van der Waals surface area (Å²) in [5, 5.41) is 0. The van der Waals surface area contributed by atoms with E-state index in [0.717, 1.165) is 11.1 Å². The molecule has 128 valence electrons. The second kappa shape index (κ2) is 8.19.